The van der Waals surface area contributed by atoms with E-state index in [2.05, 4.69) is 6.58 Å². The summed E-state index contributed by atoms with van der Waals surface area (Å²) in [7, 11) is 0. The minimum Gasteiger partial charge on any atom is -0.480 e. The Morgan fingerprint density at radius 1 is 1.53 bits per heavy atom. The monoisotopic (exact) mass is 211 g/mol. The van der Waals surface area contributed by atoms with Crippen LogP contribution in [-0.2, 0) is 9.59 Å². The van der Waals surface area contributed by atoms with E-state index in [9.17, 15) is 9.59 Å². The quantitative estimate of drug-likeness (QED) is 0.552. The fraction of sp³-hybridized carbons (Fsp3) is 0.636. The lowest BCUT2D eigenvalue weighted by molar-refractivity contribution is -0.148. The van der Waals surface area contributed by atoms with Gasteiger partial charge in [-0.2, -0.15) is 0 Å². The molecule has 1 rings (SSSR count). The Morgan fingerprint density at radius 3 is 2.87 bits per heavy atom. The van der Waals surface area contributed by atoms with E-state index in [4.69, 9.17) is 5.11 Å². The van der Waals surface area contributed by atoms with Gasteiger partial charge in [-0.3, -0.25) is 4.79 Å². The number of carboxylic acid groups (broad SMARTS) is 1. The molecule has 0 saturated carbocycles. The number of likely N-dealkylation sites (tertiary alicyclic amines) is 1. The number of aliphatic carboxylic acids is 1. The van der Waals surface area contributed by atoms with Gasteiger partial charge in [0.15, 0.2) is 0 Å². The average molecular weight is 211 g/mol. The summed E-state index contributed by atoms with van der Waals surface area (Å²) in [6.45, 7) is 4.17. The molecule has 4 heteroatoms. The van der Waals surface area contributed by atoms with Crippen molar-refractivity contribution in [2.24, 2.45) is 0 Å². The molecule has 1 aliphatic heterocycles. The summed E-state index contributed by atoms with van der Waals surface area (Å²) >= 11 is 0. The zero-order chi connectivity index (χ0) is 11.3. The highest BCUT2D eigenvalue weighted by molar-refractivity contribution is 5.84. The van der Waals surface area contributed by atoms with Crippen LogP contribution in [0.3, 0.4) is 0 Å². The molecule has 0 aromatic rings. The minimum absolute atomic E-state index is 0.0400. The predicted octanol–water partition coefficient (Wildman–Crippen LogP) is 1.42. The van der Waals surface area contributed by atoms with Crippen molar-refractivity contribution in [2.45, 2.75) is 38.1 Å². The van der Waals surface area contributed by atoms with Crippen molar-refractivity contribution in [3.63, 3.8) is 0 Å². The number of carbonyl (C=O) groups excluding carboxylic acids is 1. The van der Waals surface area contributed by atoms with E-state index in [0.717, 1.165) is 19.3 Å². The highest BCUT2D eigenvalue weighted by atomic mass is 16.4. The number of carboxylic acids is 1. The number of rotatable bonds is 5. The molecule has 0 aliphatic carbocycles. The summed E-state index contributed by atoms with van der Waals surface area (Å²) in [5, 5.41) is 8.89. The molecular weight excluding hydrogens is 194 g/mol. The standard InChI is InChI=1S/C11H17NO3/c1-2-3-4-7-10(13)12-8-5-6-9(12)11(14)15/h2,9H,1,3-8H2,(H,14,15)/t9-/m1/s1. The van der Waals surface area contributed by atoms with Crippen LogP contribution >= 0.6 is 0 Å². The molecule has 1 atom stereocenters. The molecule has 1 fully saturated rings. The summed E-state index contributed by atoms with van der Waals surface area (Å²) in [5.41, 5.74) is 0. The van der Waals surface area contributed by atoms with E-state index in [0.29, 0.717) is 19.4 Å². The molecule has 0 aromatic heterocycles. The van der Waals surface area contributed by atoms with Crippen LogP contribution in [0, 0.1) is 0 Å². The highest BCUT2D eigenvalue weighted by Crippen LogP contribution is 2.19. The highest BCUT2D eigenvalue weighted by Gasteiger charge is 2.33. The smallest absolute Gasteiger partial charge is 0.326 e. The third-order valence-electron chi connectivity index (χ3n) is 2.66. The molecule has 0 aromatic carbocycles. The molecule has 1 aliphatic rings. The van der Waals surface area contributed by atoms with E-state index in [1.807, 2.05) is 0 Å². The molecular formula is C11H17NO3. The van der Waals surface area contributed by atoms with Gasteiger partial charge >= 0.3 is 5.97 Å². The first-order chi connectivity index (χ1) is 7.16. The van der Waals surface area contributed by atoms with Gasteiger partial charge in [-0.1, -0.05) is 6.08 Å². The van der Waals surface area contributed by atoms with Crippen molar-refractivity contribution in [1.29, 1.82) is 0 Å². The Kier molecular flexibility index (Phi) is 4.34. The van der Waals surface area contributed by atoms with Crippen molar-refractivity contribution < 1.29 is 14.7 Å². The fourth-order valence-corrected chi connectivity index (χ4v) is 1.86. The van der Waals surface area contributed by atoms with Crippen molar-refractivity contribution in [2.75, 3.05) is 6.54 Å². The summed E-state index contributed by atoms with van der Waals surface area (Å²) in [4.78, 5) is 24.0. The molecule has 1 N–H and O–H groups in total. The lowest BCUT2D eigenvalue weighted by Gasteiger charge is -2.21. The Hall–Kier alpha value is -1.32. The Bertz CT molecular complexity index is 263. The maximum Gasteiger partial charge on any atom is 0.326 e. The molecule has 0 radical (unpaired) electrons. The zero-order valence-electron chi connectivity index (χ0n) is 8.82. The van der Waals surface area contributed by atoms with E-state index in [1.54, 1.807) is 6.08 Å². The first-order valence-electron chi connectivity index (χ1n) is 5.30. The van der Waals surface area contributed by atoms with Gasteiger partial charge in [0.1, 0.15) is 6.04 Å². The van der Waals surface area contributed by atoms with Crippen LogP contribution in [0.4, 0.5) is 0 Å². The summed E-state index contributed by atoms with van der Waals surface area (Å²) < 4.78 is 0. The topological polar surface area (TPSA) is 57.6 Å². The van der Waals surface area contributed by atoms with Gasteiger partial charge in [0, 0.05) is 13.0 Å². The molecule has 4 nitrogen and oxygen atoms in total. The van der Waals surface area contributed by atoms with Gasteiger partial charge in [0.2, 0.25) is 5.91 Å². The van der Waals surface area contributed by atoms with Crippen molar-refractivity contribution >= 4 is 11.9 Å². The van der Waals surface area contributed by atoms with Gasteiger partial charge in [-0.05, 0) is 25.7 Å². The second-order valence-corrected chi connectivity index (χ2v) is 3.76. The molecule has 15 heavy (non-hydrogen) atoms. The lowest BCUT2D eigenvalue weighted by atomic mass is 10.2. The fourth-order valence-electron chi connectivity index (χ4n) is 1.86. The zero-order valence-corrected chi connectivity index (χ0v) is 8.82. The maximum atomic E-state index is 11.7. The molecule has 1 amide bonds. The van der Waals surface area contributed by atoms with Gasteiger partial charge in [-0.25, -0.2) is 4.79 Å². The van der Waals surface area contributed by atoms with Crippen LogP contribution in [0.2, 0.25) is 0 Å². The predicted molar refractivity (Wildman–Crippen MR) is 56.4 cm³/mol. The minimum atomic E-state index is -0.885. The SMILES string of the molecule is C=CCCCC(=O)N1CCC[C@@H]1C(=O)O. The third-order valence-corrected chi connectivity index (χ3v) is 2.66. The number of hydrogen-bond donors (Lipinski definition) is 1. The molecule has 84 valence electrons. The summed E-state index contributed by atoms with van der Waals surface area (Å²) in [6, 6.07) is -0.596. The Balaban J connectivity index is 2.43. The van der Waals surface area contributed by atoms with Crippen LogP contribution in [0.25, 0.3) is 0 Å². The van der Waals surface area contributed by atoms with Crippen LogP contribution in [-0.4, -0.2) is 34.5 Å². The number of unbranched alkanes of at least 4 members (excludes halogenated alkanes) is 1. The third kappa shape index (κ3) is 3.08. The van der Waals surface area contributed by atoms with Crippen LogP contribution in [0.5, 0.6) is 0 Å². The average Bonchev–Trinajstić information content (AvgIpc) is 2.66. The Labute approximate surface area is 89.6 Å². The summed E-state index contributed by atoms with van der Waals surface area (Å²) in [6.07, 6.45) is 5.14. The Morgan fingerprint density at radius 2 is 2.27 bits per heavy atom. The molecule has 0 unspecified atom stereocenters. The maximum absolute atomic E-state index is 11.7. The van der Waals surface area contributed by atoms with Crippen molar-refractivity contribution in [3.8, 4) is 0 Å². The van der Waals surface area contributed by atoms with E-state index >= 15 is 0 Å². The summed E-state index contributed by atoms with van der Waals surface area (Å²) in [5.74, 6) is -0.925. The number of hydrogen-bond acceptors (Lipinski definition) is 2. The van der Waals surface area contributed by atoms with Gasteiger partial charge in [0.05, 0.1) is 0 Å². The number of nitrogens with zero attached hydrogens (tertiary/aromatic N) is 1. The van der Waals surface area contributed by atoms with E-state index in [1.165, 1.54) is 4.90 Å². The van der Waals surface area contributed by atoms with E-state index in [-0.39, 0.29) is 5.91 Å². The van der Waals surface area contributed by atoms with Gasteiger partial charge < -0.3 is 10.0 Å². The van der Waals surface area contributed by atoms with Crippen molar-refractivity contribution in [3.05, 3.63) is 12.7 Å². The number of carbonyl (C=O) groups is 2. The van der Waals surface area contributed by atoms with Crippen LogP contribution < -0.4 is 0 Å². The molecule has 1 saturated heterocycles. The van der Waals surface area contributed by atoms with Crippen LogP contribution in [0.1, 0.15) is 32.1 Å². The van der Waals surface area contributed by atoms with Crippen molar-refractivity contribution in [1.82, 2.24) is 4.90 Å². The second kappa shape index (κ2) is 5.53. The van der Waals surface area contributed by atoms with Gasteiger partial charge in [-0.15, -0.1) is 6.58 Å². The number of amides is 1. The molecule has 0 bridgehead atoms. The molecule has 1 heterocycles. The first kappa shape index (κ1) is 11.8. The van der Waals surface area contributed by atoms with Gasteiger partial charge in [0.25, 0.3) is 0 Å². The second-order valence-electron chi connectivity index (χ2n) is 3.76. The molecule has 0 spiro atoms. The first-order valence-corrected chi connectivity index (χ1v) is 5.30. The van der Waals surface area contributed by atoms with Crippen LogP contribution in [0.15, 0.2) is 12.7 Å². The lowest BCUT2D eigenvalue weighted by Crippen LogP contribution is -2.40. The number of allylic oxidation sites excluding steroid dienone is 1. The van der Waals surface area contributed by atoms with E-state index < -0.39 is 12.0 Å². The largest absolute Gasteiger partial charge is 0.480 e. The normalized spacial score (nSPS) is 20.3.